The number of carbonyl (C=O) groups excluding carboxylic acids is 1. The summed E-state index contributed by atoms with van der Waals surface area (Å²) in [6.45, 7) is 11.9. The molecule has 24 heavy (non-hydrogen) atoms. The van der Waals surface area contributed by atoms with Gasteiger partial charge in [-0.25, -0.2) is 0 Å². The van der Waals surface area contributed by atoms with E-state index in [2.05, 4.69) is 37.4 Å². The molecule has 0 aliphatic rings. The SMILES string of the molecule is Cc1ccc(C)c(OC(C)C(=O)NC(C)c2ccc(C)c(C)c2)c1. The minimum Gasteiger partial charge on any atom is -0.481 e. The molecule has 2 aromatic rings. The first-order valence-electron chi connectivity index (χ1n) is 8.39. The van der Waals surface area contributed by atoms with Gasteiger partial charge in [-0.15, -0.1) is 0 Å². The summed E-state index contributed by atoms with van der Waals surface area (Å²) >= 11 is 0. The second kappa shape index (κ2) is 7.52. The van der Waals surface area contributed by atoms with Gasteiger partial charge in [-0.1, -0.05) is 30.3 Å². The molecule has 0 aliphatic carbocycles. The van der Waals surface area contributed by atoms with Crippen LogP contribution in [0, 0.1) is 27.7 Å². The van der Waals surface area contributed by atoms with Gasteiger partial charge in [0, 0.05) is 0 Å². The average molecular weight is 325 g/mol. The maximum atomic E-state index is 12.4. The molecule has 3 nitrogen and oxygen atoms in total. The number of amides is 1. The third-order valence-electron chi connectivity index (χ3n) is 4.41. The summed E-state index contributed by atoms with van der Waals surface area (Å²) in [6, 6.07) is 12.2. The fourth-order valence-corrected chi connectivity index (χ4v) is 2.53. The van der Waals surface area contributed by atoms with E-state index in [0.717, 1.165) is 22.4 Å². The van der Waals surface area contributed by atoms with Gasteiger partial charge >= 0.3 is 0 Å². The van der Waals surface area contributed by atoms with Crippen LogP contribution in [0.4, 0.5) is 0 Å². The number of nitrogens with one attached hydrogen (secondary N) is 1. The summed E-state index contributed by atoms with van der Waals surface area (Å²) in [7, 11) is 0. The average Bonchev–Trinajstić information content (AvgIpc) is 2.53. The van der Waals surface area contributed by atoms with Gasteiger partial charge in [0.05, 0.1) is 6.04 Å². The predicted molar refractivity (Wildman–Crippen MR) is 98.5 cm³/mol. The number of benzene rings is 2. The van der Waals surface area contributed by atoms with E-state index in [1.165, 1.54) is 11.1 Å². The topological polar surface area (TPSA) is 38.3 Å². The molecule has 2 aromatic carbocycles. The predicted octanol–water partition coefficient (Wildman–Crippen LogP) is 4.56. The number of rotatable bonds is 5. The second-order valence-electron chi connectivity index (χ2n) is 6.60. The zero-order valence-electron chi connectivity index (χ0n) is 15.4. The van der Waals surface area contributed by atoms with Crippen LogP contribution in [0.1, 0.15) is 47.7 Å². The van der Waals surface area contributed by atoms with E-state index in [4.69, 9.17) is 4.74 Å². The number of hydrogen-bond donors (Lipinski definition) is 1. The molecule has 2 atom stereocenters. The van der Waals surface area contributed by atoms with Crippen LogP contribution in [0.15, 0.2) is 36.4 Å². The fraction of sp³-hybridized carbons (Fsp3) is 0.381. The van der Waals surface area contributed by atoms with E-state index in [1.54, 1.807) is 6.92 Å². The van der Waals surface area contributed by atoms with Crippen molar-refractivity contribution in [3.8, 4) is 5.75 Å². The molecule has 128 valence electrons. The van der Waals surface area contributed by atoms with Crippen LogP contribution < -0.4 is 10.1 Å². The van der Waals surface area contributed by atoms with Gasteiger partial charge in [-0.05, 0) is 75.4 Å². The van der Waals surface area contributed by atoms with Gasteiger partial charge in [-0.3, -0.25) is 4.79 Å². The normalized spacial score (nSPS) is 13.2. The van der Waals surface area contributed by atoms with E-state index < -0.39 is 6.10 Å². The Labute approximate surface area is 145 Å². The molecule has 2 rings (SSSR count). The highest BCUT2D eigenvalue weighted by Gasteiger charge is 2.18. The lowest BCUT2D eigenvalue weighted by atomic mass is 10.0. The molecule has 0 aliphatic heterocycles. The number of carbonyl (C=O) groups is 1. The summed E-state index contributed by atoms with van der Waals surface area (Å²) in [5.41, 5.74) is 5.73. The van der Waals surface area contributed by atoms with Gasteiger partial charge in [0.1, 0.15) is 5.75 Å². The summed E-state index contributed by atoms with van der Waals surface area (Å²) in [5, 5.41) is 3.03. The van der Waals surface area contributed by atoms with Gasteiger partial charge in [0.2, 0.25) is 0 Å². The van der Waals surface area contributed by atoms with Crippen LogP contribution in [0.3, 0.4) is 0 Å². The molecule has 0 aromatic heterocycles. The first-order chi connectivity index (χ1) is 11.3. The maximum absolute atomic E-state index is 12.4. The lowest BCUT2D eigenvalue weighted by Gasteiger charge is -2.20. The fourth-order valence-electron chi connectivity index (χ4n) is 2.53. The number of ether oxygens (including phenoxy) is 1. The molecular weight excluding hydrogens is 298 g/mol. The van der Waals surface area contributed by atoms with Gasteiger partial charge in [0.25, 0.3) is 5.91 Å². The van der Waals surface area contributed by atoms with E-state index in [0.29, 0.717) is 0 Å². The van der Waals surface area contributed by atoms with Crippen molar-refractivity contribution in [2.24, 2.45) is 0 Å². The van der Waals surface area contributed by atoms with Crippen molar-refractivity contribution in [2.75, 3.05) is 0 Å². The molecule has 0 spiro atoms. The van der Waals surface area contributed by atoms with Crippen LogP contribution in [0.2, 0.25) is 0 Å². The lowest BCUT2D eigenvalue weighted by molar-refractivity contribution is -0.127. The number of aryl methyl sites for hydroxylation is 4. The number of hydrogen-bond acceptors (Lipinski definition) is 2. The Bertz CT molecular complexity index is 737. The molecule has 3 heteroatoms. The molecule has 0 radical (unpaired) electrons. The van der Waals surface area contributed by atoms with Crippen molar-refractivity contribution in [3.63, 3.8) is 0 Å². The molecule has 0 heterocycles. The Hall–Kier alpha value is -2.29. The minimum atomic E-state index is -0.542. The smallest absolute Gasteiger partial charge is 0.261 e. The van der Waals surface area contributed by atoms with Crippen molar-refractivity contribution >= 4 is 5.91 Å². The molecule has 2 unspecified atom stereocenters. The highest BCUT2D eigenvalue weighted by atomic mass is 16.5. The van der Waals surface area contributed by atoms with Crippen LogP contribution in [0.25, 0.3) is 0 Å². The monoisotopic (exact) mass is 325 g/mol. The first-order valence-corrected chi connectivity index (χ1v) is 8.39. The van der Waals surface area contributed by atoms with Crippen molar-refractivity contribution in [1.29, 1.82) is 0 Å². The van der Waals surface area contributed by atoms with Crippen molar-refractivity contribution in [3.05, 3.63) is 64.2 Å². The van der Waals surface area contributed by atoms with Crippen molar-refractivity contribution in [1.82, 2.24) is 5.32 Å². The van der Waals surface area contributed by atoms with Crippen LogP contribution >= 0.6 is 0 Å². The summed E-state index contributed by atoms with van der Waals surface area (Å²) in [6.07, 6.45) is -0.542. The molecule has 1 amide bonds. The zero-order valence-corrected chi connectivity index (χ0v) is 15.4. The minimum absolute atomic E-state index is 0.0542. The zero-order chi connectivity index (χ0) is 17.9. The molecule has 0 saturated carbocycles. The van der Waals surface area contributed by atoms with Crippen molar-refractivity contribution < 1.29 is 9.53 Å². The molecule has 0 fully saturated rings. The summed E-state index contributed by atoms with van der Waals surface area (Å²) in [4.78, 5) is 12.4. The Kier molecular flexibility index (Phi) is 5.66. The first kappa shape index (κ1) is 18.1. The summed E-state index contributed by atoms with van der Waals surface area (Å²) < 4.78 is 5.86. The highest BCUT2D eigenvalue weighted by molar-refractivity contribution is 5.81. The Balaban J connectivity index is 2.02. The largest absolute Gasteiger partial charge is 0.481 e. The quantitative estimate of drug-likeness (QED) is 0.875. The standard InChI is InChI=1S/C21H27NO2/c1-13-7-8-15(3)20(11-13)24-18(6)21(23)22-17(5)19-10-9-14(2)16(4)12-19/h7-12,17-18H,1-6H3,(H,22,23). The molecule has 1 N–H and O–H groups in total. The maximum Gasteiger partial charge on any atom is 0.261 e. The van der Waals surface area contributed by atoms with E-state index in [9.17, 15) is 4.79 Å². The molecule has 0 bridgehead atoms. The summed E-state index contributed by atoms with van der Waals surface area (Å²) in [5.74, 6) is 0.651. The Morgan fingerprint density at radius 2 is 1.58 bits per heavy atom. The van der Waals surface area contributed by atoms with Crippen LogP contribution in [-0.4, -0.2) is 12.0 Å². The lowest BCUT2D eigenvalue weighted by Crippen LogP contribution is -2.37. The van der Waals surface area contributed by atoms with E-state index in [-0.39, 0.29) is 11.9 Å². The molecule has 0 saturated heterocycles. The van der Waals surface area contributed by atoms with Gasteiger partial charge in [-0.2, -0.15) is 0 Å². The Morgan fingerprint density at radius 3 is 2.25 bits per heavy atom. The van der Waals surface area contributed by atoms with Crippen molar-refractivity contribution in [2.45, 2.75) is 53.7 Å². The van der Waals surface area contributed by atoms with Crippen LogP contribution in [0.5, 0.6) is 5.75 Å². The highest BCUT2D eigenvalue weighted by Crippen LogP contribution is 2.21. The third-order valence-corrected chi connectivity index (χ3v) is 4.41. The van der Waals surface area contributed by atoms with E-state index in [1.807, 2.05) is 39.0 Å². The van der Waals surface area contributed by atoms with Gasteiger partial charge < -0.3 is 10.1 Å². The Morgan fingerprint density at radius 1 is 0.917 bits per heavy atom. The van der Waals surface area contributed by atoms with E-state index >= 15 is 0 Å². The van der Waals surface area contributed by atoms with Crippen LogP contribution in [-0.2, 0) is 4.79 Å². The third kappa shape index (κ3) is 4.38. The van der Waals surface area contributed by atoms with Gasteiger partial charge in [0.15, 0.2) is 6.10 Å². The second-order valence-corrected chi connectivity index (χ2v) is 6.60. The molecular formula is C21H27NO2.